The van der Waals surface area contributed by atoms with Crippen LogP contribution in [-0.4, -0.2) is 67.5 Å². The third kappa shape index (κ3) is 5.71. The first-order valence-electron chi connectivity index (χ1n) is 11.7. The summed E-state index contributed by atoms with van der Waals surface area (Å²) in [6, 6.07) is 4.30. The van der Waals surface area contributed by atoms with Gasteiger partial charge in [0.05, 0.1) is 13.2 Å². The van der Waals surface area contributed by atoms with E-state index >= 15 is 0 Å². The number of carbonyl (C=O) groups is 1. The molecule has 1 heterocycles. The second kappa shape index (κ2) is 10.5. The molecule has 3 rings (SSSR count). The van der Waals surface area contributed by atoms with Gasteiger partial charge in [-0.25, -0.2) is 8.42 Å². The number of aliphatic hydroxyl groups excluding tert-OH is 1. The van der Waals surface area contributed by atoms with Crippen LogP contribution < -0.4 is 4.74 Å². The maximum Gasteiger partial charge on any atom is 0.247 e. The summed E-state index contributed by atoms with van der Waals surface area (Å²) in [6.07, 6.45) is 2.52. The van der Waals surface area contributed by atoms with E-state index in [-0.39, 0.29) is 47.5 Å². The van der Waals surface area contributed by atoms with Crippen molar-refractivity contribution in [1.82, 2.24) is 9.21 Å². The standard InChI is InChI=1S/C25H36N2O5S/c1-17(2)9-10-20-11-12-24-22(13-20)32-23(15-26(5)25(29)21-7-6-8-21)18(3)14-27(19(4)16-28)33(24,30)31/h11-13,17-19,21,23,28H,6-8,14-16H2,1-5H3/t18-,19+,23+/m0/s1. The zero-order chi connectivity index (χ0) is 24.3. The summed E-state index contributed by atoms with van der Waals surface area (Å²) in [7, 11) is -2.11. The molecule has 2 aliphatic rings. The summed E-state index contributed by atoms with van der Waals surface area (Å²) in [4.78, 5) is 14.5. The van der Waals surface area contributed by atoms with Gasteiger partial charge in [0.1, 0.15) is 16.7 Å². The summed E-state index contributed by atoms with van der Waals surface area (Å²) in [5.41, 5.74) is 0.672. The van der Waals surface area contributed by atoms with E-state index in [1.165, 1.54) is 10.4 Å². The highest BCUT2D eigenvalue weighted by Crippen LogP contribution is 2.34. The number of ether oxygens (including phenoxy) is 1. The summed E-state index contributed by atoms with van der Waals surface area (Å²) in [6.45, 7) is 7.85. The van der Waals surface area contributed by atoms with E-state index < -0.39 is 22.2 Å². The fourth-order valence-corrected chi connectivity index (χ4v) is 5.90. The number of nitrogens with zero attached hydrogens (tertiary/aromatic N) is 2. The molecule has 0 bridgehead atoms. The quantitative estimate of drug-likeness (QED) is 0.661. The van der Waals surface area contributed by atoms with Gasteiger partial charge in [0, 0.05) is 43.0 Å². The molecule has 33 heavy (non-hydrogen) atoms. The average Bonchev–Trinajstić information content (AvgIpc) is 2.72. The topological polar surface area (TPSA) is 87.2 Å². The molecule has 1 saturated carbocycles. The number of sulfonamides is 1. The minimum Gasteiger partial charge on any atom is -0.487 e. The Hall–Kier alpha value is -2.08. The zero-order valence-corrected chi connectivity index (χ0v) is 21.1. The molecule has 7 nitrogen and oxygen atoms in total. The fourth-order valence-electron chi connectivity index (χ4n) is 4.08. The molecular weight excluding hydrogens is 440 g/mol. The van der Waals surface area contributed by atoms with Crippen LogP contribution in [0, 0.1) is 29.6 Å². The van der Waals surface area contributed by atoms with E-state index in [1.54, 1.807) is 31.0 Å². The van der Waals surface area contributed by atoms with Gasteiger partial charge in [0.2, 0.25) is 15.9 Å². The number of rotatable bonds is 5. The highest BCUT2D eigenvalue weighted by Gasteiger charge is 2.39. The predicted octanol–water partition coefficient (Wildman–Crippen LogP) is 2.72. The summed E-state index contributed by atoms with van der Waals surface area (Å²) < 4.78 is 34.7. The zero-order valence-electron chi connectivity index (χ0n) is 20.2. The molecule has 1 aliphatic carbocycles. The van der Waals surface area contributed by atoms with Gasteiger partial charge in [0.15, 0.2) is 0 Å². The molecule has 0 saturated heterocycles. The normalized spacial score (nSPS) is 23.7. The molecule has 1 aliphatic heterocycles. The Balaban J connectivity index is 2.01. The van der Waals surface area contributed by atoms with Gasteiger partial charge in [-0.2, -0.15) is 4.31 Å². The highest BCUT2D eigenvalue weighted by molar-refractivity contribution is 7.89. The summed E-state index contributed by atoms with van der Waals surface area (Å²) in [5, 5.41) is 9.75. The maximum atomic E-state index is 13.5. The van der Waals surface area contributed by atoms with Crippen molar-refractivity contribution in [3.05, 3.63) is 23.8 Å². The van der Waals surface area contributed by atoms with Crippen LogP contribution in [0.3, 0.4) is 0 Å². The van der Waals surface area contributed by atoms with E-state index in [1.807, 2.05) is 20.8 Å². The number of hydrogen-bond acceptors (Lipinski definition) is 5. The Kier molecular flexibility index (Phi) is 8.09. The second-order valence-corrected chi connectivity index (χ2v) is 11.5. The molecule has 182 valence electrons. The first-order chi connectivity index (χ1) is 15.5. The lowest BCUT2D eigenvalue weighted by Gasteiger charge is -2.38. The number of aliphatic hydroxyl groups is 1. The van der Waals surface area contributed by atoms with Crippen LogP contribution in [0.15, 0.2) is 23.1 Å². The summed E-state index contributed by atoms with van der Waals surface area (Å²) in [5.74, 6) is 6.57. The number of benzene rings is 1. The first kappa shape index (κ1) is 25.5. The van der Waals surface area contributed by atoms with Crippen molar-refractivity contribution in [2.75, 3.05) is 26.7 Å². The lowest BCUT2D eigenvalue weighted by Crippen LogP contribution is -2.50. The van der Waals surface area contributed by atoms with Crippen LogP contribution in [0.1, 0.15) is 52.5 Å². The third-order valence-electron chi connectivity index (χ3n) is 6.46. The molecule has 8 heteroatoms. The molecule has 1 fully saturated rings. The molecule has 0 aromatic heterocycles. The van der Waals surface area contributed by atoms with Crippen LogP contribution in [0.4, 0.5) is 0 Å². The minimum absolute atomic E-state index is 0.0581. The van der Waals surface area contributed by atoms with Gasteiger partial charge in [-0.05, 0) is 38.0 Å². The number of amides is 1. The Morgan fingerprint density at radius 1 is 1.30 bits per heavy atom. The van der Waals surface area contributed by atoms with Crippen molar-refractivity contribution in [2.24, 2.45) is 17.8 Å². The van der Waals surface area contributed by atoms with Crippen LogP contribution in [0.25, 0.3) is 0 Å². The van der Waals surface area contributed by atoms with Gasteiger partial charge in [0.25, 0.3) is 0 Å². The largest absolute Gasteiger partial charge is 0.487 e. The van der Waals surface area contributed by atoms with Crippen molar-refractivity contribution in [3.63, 3.8) is 0 Å². The Labute approximate surface area is 198 Å². The van der Waals surface area contributed by atoms with E-state index in [9.17, 15) is 18.3 Å². The third-order valence-corrected chi connectivity index (χ3v) is 8.48. The van der Waals surface area contributed by atoms with Crippen LogP contribution >= 0.6 is 0 Å². The fraction of sp³-hybridized carbons (Fsp3) is 0.640. The first-order valence-corrected chi connectivity index (χ1v) is 13.2. The van der Waals surface area contributed by atoms with E-state index in [0.29, 0.717) is 12.1 Å². The van der Waals surface area contributed by atoms with Crippen LogP contribution in [0.2, 0.25) is 0 Å². The molecule has 0 radical (unpaired) electrons. The molecule has 0 spiro atoms. The van der Waals surface area contributed by atoms with E-state index in [4.69, 9.17) is 4.74 Å². The number of carbonyl (C=O) groups excluding carboxylic acids is 1. The van der Waals surface area contributed by atoms with Crippen molar-refractivity contribution in [3.8, 4) is 17.6 Å². The average molecular weight is 477 g/mol. The predicted molar refractivity (Wildman–Crippen MR) is 127 cm³/mol. The Bertz CT molecular complexity index is 1020. The van der Waals surface area contributed by atoms with Gasteiger partial charge < -0.3 is 14.7 Å². The van der Waals surface area contributed by atoms with Gasteiger partial charge in [-0.3, -0.25) is 4.79 Å². The van der Waals surface area contributed by atoms with Gasteiger partial charge in [-0.1, -0.05) is 39.0 Å². The van der Waals surface area contributed by atoms with Crippen molar-refractivity contribution >= 4 is 15.9 Å². The monoisotopic (exact) mass is 476 g/mol. The van der Waals surface area contributed by atoms with Crippen molar-refractivity contribution in [1.29, 1.82) is 0 Å². The molecular formula is C25H36N2O5S. The maximum absolute atomic E-state index is 13.5. The smallest absolute Gasteiger partial charge is 0.247 e. The number of hydrogen-bond donors (Lipinski definition) is 1. The van der Waals surface area contributed by atoms with Crippen LogP contribution in [0.5, 0.6) is 5.75 Å². The Morgan fingerprint density at radius 3 is 2.58 bits per heavy atom. The molecule has 0 unspecified atom stereocenters. The van der Waals surface area contributed by atoms with Crippen molar-refractivity contribution < 1.29 is 23.1 Å². The molecule has 1 N–H and O–H groups in total. The highest BCUT2D eigenvalue weighted by atomic mass is 32.2. The molecule has 3 atom stereocenters. The number of fused-ring (bicyclic) bond motifs is 1. The lowest BCUT2D eigenvalue weighted by molar-refractivity contribution is -0.138. The van der Waals surface area contributed by atoms with Gasteiger partial charge >= 0.3 is 0 Å². The van der Waals surface area contributed by atoms with E-state index in [2.05, 4.69) is 11.8 Å². The van der Waals surface area contributed by atoms with Crippen LogP contribution in [-0.2, 0) is 14.8 Å². The summed E-state index contributed by atoms with van der Waals surface area (Å²) >= 11 is 0. The van der Waals surface area contributed by atoms with Crippen molar-refractivity contribution in [2.45, 2.75) is 64.0 Å². The molecule has 1 aromatic carbocycles. The molecule has 1 aromatic rings. The SMILES string of the molecule is CC(C)C#Cc1ccc2c(c1)O[C@H](CN(C)C(=O)C1CCC1)[C@@H](C)CN([C@H](C)CO)S2(=O)=O. The Morgan fingerprint density at radius 2 is 2.00 bits per heavy atom. The minimum atomic E-state index is -3.89. The van der Waals surface area contributed by atoms with Gasteiger partial charge in [-0.15, -0.1) is 0 Å². The molecule has 1 amide bonds. The lowest BCUT2D eigenvalue weighted by atomic mass is 9.84. The second-order valence-electron chi connectivity index (χ2n) is 9.67. The van der Waals surface area contributed by atoms with E-state index in [0.717, 1.165) is 19.3 Å². The number of likely N-dealkylation sites (N-methyl/N-ethyl adjacent to an activating group) is 1.